The average molecular weight is 426 g/mol. The van der Waals surface area contributed by atoms with E-state index in [2.05, 4.69) is 10.6 Å². The van der Waals surface area contributed by atoms with Gasteiger partial charge in [-0.25, -0.2) is 0 Å². The van der Waals surface area contributed by atoms with Crippen LogP contribution in [0.15, 0.2) is 12.1 Å². The number of amides is 2. The number of aryl methyl sites for hydroxylation is 1. The molecular weight excluding hydrogens is 394 g/mol. The van der Waals surface area contributed by atoms with Gasteiger partial charge in [-0.3, -0.25) is 9.59 Å². The fraction of sp³-hybridized carbons (Fsp3) is 0.619. The summed E-state index contributed by atoms with van der Waals surface area (Å²) in [5.74, 6) is 1.55. The second kappa shape index (κ2) is 10.7. The number of methoxy groups -OCH3 is 2. The highest BCUT2D eigenvalue weighted by Gasteiger charge is 2.28. The third-order valence-corrected chi connectivity index (χ3v) is 5.71. The molecule has 2 atom stereocenters. The van der Waals surface area contributed by atoms with Gasteiger partial charge in [0.25, 0.3) is 5.91 Å². The van der Waals surface area contributed by atoms with E-state index < -0.39 is 0 Å². The number of piperidine rings is 1. The lowest BCUT2D eigenvalue weighted by atomic mass is 9.96. The molecule has 3 rings (SSSR count). The lowest BCUT2D eigenvalue weighted by Gasteiger charge is -2.33. The molecule has 2 N–H and O–H groups in total. The summed E-state index contributed by atoms with van der Waals surface area (Å²) in [6.07, 6.45) is 3.92. The summed E-state index contributed by atoms with van der Waals surface area (Å²) < 4.78 is 10.7. The standard InChI is InChI=1S/C21H31N3O4.ClH/c1-14-10-18(27-2)19(28-3)11-16(14)21(26)24-9-5-6-15(13-24)12-23-20(25)17-7-4-8-22-17;/h10-11,15,17,22H,4-9,12-13H2,1-3H3,(H,23,25);1H. The van der Waals surface area contributed by atoms with Crippen LogP contribution in [0.2, 0.25) is 0 Å². The molecule has 162 valence electrons. The molecule has 0 aromatic heterocycles. The predicted molar refractivity (Wildman–Crippen MR) is 114 cm³/mol. The quantitative estimate of drug-likeness (QED) is 0.730. The highest BCUT2D eigenvalue weighted by atomic mass is 35.5. The monoisotopic (exact) mass is 425 g/mol. The van der Waals surface area contributed by atoms with Crippen molar-refractivity contribution >= 4 is 24.2 Å². The fourth-order valence-corrected chi connectivity index (χ4v) is 4.07. The number of likely N-dealkylation sites (tertiary alicyclic amines) is 1. The van der Waals surface area contributed by atoms with Crippen molar-refractivity contribution in [2.45, 2.75) is 38.6 Å². The first-order chi connectivity index (χ1) is 13.5. The molecule has 8 heteroatoms. The molecule has 2 unspecified atom stereocenters. The Labute approximate surface area is 178 Å². The third-order valence-electron chi connectivity index (χ3n) is 5.71. The number of hydrogen-bond acceptors (Lipinski definition) is 5. The van der Waals surface area contributed by atoms with Crippen LogP contribution in [0.25, 0.3) is 0 Å². The highest BCUT2D eigenvalue weighted by molar-refractivity contribution is 5.96. The second-order valence-corrected chi connectivity index (χ2v) is 7.68. The van der Waals surface area contributed by atoms with Crippen LogP contribution in [0.3, 0.4) is 0 Å². The van der Waals surface area contributed by atoms with Gasteiger partial charge in [-0.05, 0) is 62.8 Å². The summed E-state index contributed by atoms with van der Waals surface area (Å²) in [5.41, 5.74) is 1.50. The van der Waals surface area contributed by atoms with E-state index in [0.29, 0.717) is 30.2 Å². The molecule has 2 amide bonds. The summed E-state index contributed by atoms with van der Waals surface area (Å²) in [7, 11) is 3.16. The van der Waals surface area contributed by atoms with Crippen LogP contribution >= 0.6 is 12.4 Å². The number of carbonyl (C=O) groups is 2. The van der Waals surface area contributed by atoms with Crippen LogP contribution in [0.1, 0.15) is 41.6 Å². The normalized spacial score (nSPS) is 21.3. The Morgan fingerprint density at radius 1 is 1.17 bits per heavy atom. The van der Waals surface area contributed by atoms with Crippen molar-refractivity contribution in [2.24, 2.45) is 5.92 Å². The van der Waals surface area contributed by atoms with Gasteiger partial charge in [0, 0.05) is 25.2 Å². The summed E-state index contributed by atoms with van der Waals surface area (Å²) in [4.78, 5) is 27.2. The summed E-state index contributed by atoms with van der Waals surface area (Å²) in [5, 5.41) is 6.28. The Morgan fingerprint density at radius 3 is 2.55 bits per heavy atom. The van der Waals surface area contributed by atoms with Gasteiger partial charge in [-0.15, -0.1) is 12.4 Å². The van der Waals surface area contributed by atoms with E-state index in [1.807, 2.05) is 17.9 Å². The summed E-state index contributed by atoms with van der Waals surface area (Å²) in [6, 6.07) is 3.53. The number of ether oxygens (including phenoxy) is 2. The first kappa shape index (κ1) is 23.3. The van der Waals surface area contributed by atoms with Crippen molar-refractivity contribution in [3.63, 3.8) is 0 Å². The van der Waals surface area contributed by atoms with Crippen molar-refractivity contribution < 1.29 is 19.1 Å². The largest absolute Gasteiger partial charge is 0.493 e. The molecule has 2 aliphatic heterocycles. The number of hydrogen-bond donors (Lipinski definition) is 2. The molecule has 1 aromatic carbocycles. The van der Waals surface area contributed by atoms with E-state index in [0.717, 1.165) is 44.3 Å². The Kier molecular flexibility index (Phi) is 8.59. The molecule has 2 fully saturated rings. The topological polar surface area (TPSA) is 79.9 Å². The fourth-order valence-electron chi connectivity index (χ4n) is 4.07. The number of nitrogens with one attached hydrogen (secondary N) is 2. The minimum absolute atomic E-state index is 0. The molecule has 0 radical (unpaired) electrons. The van der Waals surface area contributed by atoms with Gasteiger partial charge in [-0.2, -0.15) is 0 Å². The predicted octanol–water partition coefficient (Wildman–Crippen LogP) is 2.15. The van der Waals surface area contributed by atoms with Crippen LogP contribution in [0.5, 0.6) is 11.5 Å². The third kappa shape index (κ3) is 5.54. The maximum Gasteiger partial charge on any atom is 0.254 e. The van der Waals surface area contributed by atoms with Gasteiger partial charge < -0.3 is 25.0 Å². The van der Waals surface area contributed by atoms with E-state index in [4.69, 9.17) is 9.47 Å². The molecule has 7 nitrogen and oxygen atoms in total. The molecule has 0 aliphatic carbocycles. The van der Waals surface area contributed by atoms with Crippen molar-refractivity contribution in [3.05, 3.63) is 23.3 Å². The van der Waals surface area contributed by atoms with E-state index >= 15 is 0 Å². The van der Waals surface area contributed by atoms with E-state index in [1.165, 1.54) is 0 Å². The zero-order valence-corrected chi connectivity index (χ0v) is 18.3. The molecule has 1 aromatic rings. The van der Waals surface area contributed by atoms with Crippen LogP contribution < -0.4 is 20.1 Å². The van der Waals surface area contributed by atoms with E-state index in [1.54, 1.807) is 20.3 Å². The van der Waals surface area contributed by atoms with E-state index in [-0.39, 0.29) is 36.2 Å². The molecule has 2 aliphatic rings. The zero-order valence-electron chi connectivity index (χ0n) is 17.5. The Balaban J connectivity index is 0.00000300. The Hall–Kier alpha value is -1.99. The Bertz CT molecular complexity index is 722. The van der Waals surface area contributed by atoms with Gasteiger partial charge in [0.05, 0.1) is 20.3 Å². The number of benzene rings is 1. The minimum Gasteiger partial charge on any atom is -0.493 e. The molecule has 2 saturated heterocycles. The summed E-state index contributed by atoms with van der Waals surface area (Å²) >= 11 is 0. The highest BCUT2D eigenvalue weighted by Crippen LogP contribution is 2.31. The van der Waals surface area contributed by atoms with Crippen LogP contribution in [0, 0.1) is 12.8 Å². The lowest BCUT2D eigenvalue weighted by Crippen LogP contribution is -2.46. The maximum atomic E-state index is 13.1. The molecule has 0 saturated carbocycles. The van der Waals surface area contributed by atoms with Crippen LogP contribution in [-0.4, -0.2) is 63.2 Å². The zero-order chi connectivity index (χ0) is 20.1. The van der Waals surface area contributed by atoms with Crippen LogP contribution in [-0.2, 0) is 4.79 Å². The first-order valence-corrected chi connectivity index (χ1v) is 10.1. The van der Waals surface area contributed by atoms with Gasteiger partial charge in [-0.1, -0.05) is 0 Å². The lowest BCUT2D eigenvalue weighted by molar-refractivity contribution is -0.123. The van der Waals surface area contributed by atoms with Gasteiger partial charge in [0.15, 0.2) is 11.5 Å². The van der Waals surface area contributed by atoms with Crippen molar-refractivity contribution in [1.82, 2.24) is 15.5 Å². The molecule has 0 bridgehead atoms. The van der Waals surface area contributed by atoms with Gasteiger partial charge >= 0.3 is 0 Å². The number of nitrogens with zero attached hydrogens (tertiary/aromatic N) is 1. The van der Waals surface area contributed by atoms with Gasteiger partial charge in [0.1, 0.15) is 0 Å². The molecule has 2 heterocycles. The second-order valence-electron chi connectivity index (χ2n) is 7.68. The molecule has 0 spiro atoms. The average Bonchev–Trinajstić information content (AvgIpc) is 3.26. The van der Waals surface area contributed by atoms with Crippen molar-refractivity contribution in [3.8, 4) is 11.5 Å². The summed E-state index contributed by atoms with van der Waals surface area (Å²) in [6.45, 7) is 4.83. The van der Waals surface area contributed by atoms with Crippen LogP contribution in [0.4, 0.5) is 0 Å². The SMILES string of the molecule is COc1cc(C)c(C(=O)N2CCCC(CNC(=O)C3CCCN3)C2)cc1OC.Cl. The molecular formula is C21H32ClN3O4. The minimum atomic E-state index is -0.0595. The smallest absolute Gasteiger partial charge is 0.254 e. The first-order valence-electron chi connectivity index (χ1n) is 10.1. The van der Waals surface area contributed by atoms with E-state index in [9.17, 15) is 9.59 Å². The number of rotatable bonds is 6. The van der Waals surface area contributed by atoms with Gasteiger partial charge in [0.2, 0.25) is 5.91 Å². The van der Waals surface area contributed by atoms with Crippen molar-refractivity contribution in [1.29, 1.82) is 0 Å². The maximum absolute atomic E-state index is 13.1. The number of carbonyl (C=O) groups excluding carboxylic acids is 2. The number of halogens is 1. The Morgan fingerprint density at radius 2 is 1.90 bits per heavy atom. The molecule has 29 heavy (non-hydrogen) atoms. The van der Waals surface area contributed by atoms with Crippen molar-refractivity contribution in [2.75, 3.05) is 40.4 Å².